The smallest absolute Gasteiger partial charge is 0.0449 e. The van der Waals surface area contributed by atoms with Gasteiger partial charge in [-0.05, 0) is 43.0 Å². The van der Waals surface area contributed by atoms with Crippen LogP contribution in [0.1, 0.15) is 42.1 Å². The largest absolute Gasteiger partial charge is 0.329 e. The van der Waals surface area contributed by atoms with Gasteiger partial charge >= 0.3 is 0 Å². The summed E-state index contributed by atoms with van der Waals surface area (Å²) in [5, 5.41) is 3.51. The standard InChI is InChI=1S/C14H24N2/c1-9(2)16-14(8-15)13-7-11(4)10(3)6-12(13)5/h6-7,9,14,16H,8,15H2,1-5H3. The van der Waals surface area contributed by atoms with Crippen LogP contribution >= 0.6 is 0 Å². The van der Waals surface area contributed by atoms with Crippen molar-refractivity contribution in [2.45, 2.75) is 46.7 Å². The highest BCUT2D eigenvalue weighted by Crippen LogP contribution is 2.21. The number of hydrogen-bond donors (Lipinski definition) is 2. The molecule has 1 atom stereocenters. The van der Waals surface area contributed by atoms with Gasteiger partial charge in [0.05, 0.1) is 0 Å². The molecule has 3 N–H and O–H groups in total. The molecule has 2 nitrogen and oxygen atoms in total. The van der Waals surface area contributed by atoms with Crippen LogP contribution in [0.5, 0.6) is 0 Å². The van der Waals surface area contributed by atoms with E-state index in [-0.39, 0.29) is 6.04 Å². The SMILES string of the molecule is Cc1cc(C)c(C(CN)NC(C)C)cc1C. The first-order valence-electron chi connectivity index (χ1n) is 5.99. The summed E-state index contributed by atoms with van der Waals surface area (Å²) in [7, 11) is 0. The Balaban J connectivity index is 3.05. The average Bonchev–Trinajstić information content (AvgIpc) is 2.20. The van der Waals surface area contributed by atoms with Gasteiger partial charge in [0.2, 0.25) is 0 Å². The molecule has 0 saturated carbocycles. The lowest BCUT2D eigenvalue weighted by Gasteiger charge is -2.23. The molecule has 1 rings (SSSR count). The lowest BCUT2D eigenvalue weighted by molar-refractivity contribution is 0.482. The predicted octanol–water partition coefficient (Wildman–Crippen LogP) is 2.61. The van der Waals surface area contributed by atoms with Crippen molar-refractivity contribution in [2.24, 2.45) is 5.73 Å². The molecular formula is C14H24N2. The third kappa shape index (κ3) is 3.06. The molecule has 0 bridgehead atoms. The Labute approximate surface area is 99.2 Å². The first-order valence-corrected chi connectivity index (χ1v) is 5.99. The van der Waals surface area contributed by atoms with E-state index in [9.17, 15) is 0 Å². The van der Waals surface area contributed by atoms with Crippen LogP contribution in [-0.4, -0.2) is 12.6 Å². The van der Waals surface area contributed by atoms with Crippen LogP contribution in [0.3, 0.4) is 0 Å². The molecule has 0 amide bonds. The average molecular weight is 220 g/mol. The highest BCUT2D eigenvalue weighted by atomic mass is 15.0. The Morgan fingerprint density at radius 1 is 1.06 bits per heavy atom. The van der Waals surface area contributed by atoms with E-state index in [0.29, 0.717) is 12.6 Å². The van der Waals surface area contributed by atoms with Crippen molar-refractivity contribution in [3.63, 3.8) is 0 Å². The fourth-order valence-electron chi connectivity index (χ4n) is 2.05. The molecule has 0 saturated heterocycles. The molecule has 0 aromatic heterocycles. The number of rotatable bonds is 4. The van der Waals surface area contributed by atoms with Gasteiger partial charge in [0.25, 0.3) is 0 Å². The Bertz CT molecular complexity index is 356. The summed E-state index contributed by atoms with van der Waals surface area (Å²) in [6, 6.07) is 5.22. The fraction of sp³-hybridized carbons (Fsp3) is 0.571. The predicted molar refractivity (Wildman–Crippen MR) is 70.7 cm³/mol. The summed E-state index contributed by atoms with van der Waals surface area (Å²) in [5.74, 6) is 0. The van der Waals surface area contributed by atoms with E-state index in [1.807, 2.05) is 0 Å². The number of nitrogens with two attached hydrogens (primary N) is 1. The molecule has 0 aliphatic heterocycles. The maximum Gasteiger partial charge on any atom is 0.0449 e. The summed E-state index contributed by atoms with van der Waals surface area (Å²) in [4.78, 5) is 0. The van der Waals surface area contributed by atoms with Gasteiger partial charge in [-0.25, -0.2) is 0 Å². The first kappa shape index (κ1) is 13.2. The van der Waals surface area contributed by atoms with Crippen LogP contribution < -0.4 is 11.1 Å². The number of benzene rings is 1. The van der Waals surface area contributed by atoms with Gasteiger partial charge in [-0.15, -0.1) is 0 Å². The number of aryl methyl sites for hydroxylation is 3. The van der Waals surface area contributed by atoms with Crippen molar-refractivity contribution in [1.82, 2.24) is 5.32 Å². The van der Waals surface area contributed by atoms with Gasteiger partial charge in [-0.2, -0.15) is 0 Å². The normalized spacial score (nSPS) is 13.2. The highest BCUT2D eigenvalue weighted by Gasteiger charge is 2.13. The minimum Gasteiger partial charge on any atom is -0.329 e. The van der Waals surface area contributed by atoms with E-state index in [1.165, 1.54) is 22.3 Å². The Kier molecular flexibility index (Phi) is 4.51. The molecule has 0 spiro atoms. The molecule has 1 aromatic rings. The Morgan fingerprint density at radius 2 is 1.62 bits per heavy atom. The third-order valence-corrected chi connectivity index (χ3v) is 3.03. The van der Waals surface area contributed by atoms with Gasteiger partial charge in [0.1, 0.15) is 0 Å². The summed E-state index contributed by atoms with van der Waals surface area (Å²) < 4.78 is 0. The van der Waals surface area contributed by atoms with Crippen molar-refractivity contribution >= 4 is 0 Å². The van der Waals surface area contributed by atoms with Gasteiger partial charge in [0, 0.05) is 18.6 Å². The Morgan fingerprint density at radius 3 is 2.12 bits per heavy atom. The van der Waals surface area contributed by atoms with Crippen LogP contribution in [0.2, 0.25) is 0 Å². The summed E-state index contributed by atoms with van der Waals surface area (Å²) >= 11 is 0. The molecule has 16 heavy (non-hydrogen) atoms. The van der Waals surface area contributed by atoms with Crippen molar-refractivity contribution < 1.29 is 0 Å². The molecule has 1 unspecified atom stereocenters. The first-order chi connectivity index (χ1) is 7.45. The zero-order valence-electron chi connectivity index (χ0n) is 11.1. The molecule has 0 radical (unpaired) electrons. The van der Waals surface area contributed by atoms with Crippen LogP contribution in [-0.2, 0) is 0 Å². The van der Waals surface area contributed by atoms with Gasteiger partial charge in [-0.1, -0.05) is 26.0 Å². The van der Waals surface area contributed by atoms with Crippen LogP contribution in [0.25, 0.3) is 0 Å². The molecule has 2 heteroatoms. The second kappa shape index (κ2) is 5.46. The van der Waals surface area contributed by atoms with Gasteiger partial charge < -0.3 is 11.1 Å². The number of nitrogens with one attached hydrogen (secondary N) is 1. The lowest BCUT2D eigenvalue weighted by Crippen LogP contribution is -2.33. The van der Waals surface area contributed by atoms with Crippen LogP contribution in [0.15, 0.2) is 12.1 Å². The zero-order valence-corrected chi connectivity index (χ0v) is 11.1. The zero-order chi connectivity index (χ0) is 12.3. The van der Waals surface area contributed by atoms with Crippen LogP contribution in [0.4, 0.5) is 0 Å². The second-order valence-corrected chi connectivity index (χ2v) is 4.90. The van der Waals surface area contributed by atoms with Crippen molar-refractivity contribution in [1.29, 1.82) is 0 Å². The van der Waals surface area contributed by atoms with E-state index in [4.69, 9.17) is 5.73 Å². The maximum atomic E-state index is 5.85. The van der Waals surface area contributed by atoms with E-state index >= 15 is 0 Å². The molecule has 0 aliphatic carbocycles. The van der Waals surface area contributed by atoms with E-state index < -0.39 is 0 Å². The maximum absolute atomic E-state index is 5.85. The monoisotopic (exact) mass is 220 g/mol. The third-order valence-electron chi connectivity index (χ3n) is 3.03. The van der Waals surface area contributed by atoms with Gasteiger partial charge in [0.15, 0.2) is 0 Å². The molecule has 90 valence electrons. The summed E-state index contributed by atoms with van der Waals surface area (Å²) in [5.41, 5.74) is 11.2. The highest BCUT2D eigenvalue weighted by molar-refractivity contribution is 5.38. The molecular weight excluding hydrogens is 196 g/mol. The van der Waals surface area contributed by atoms with E-state index in [0.717, 1.165) is 0 Å². The minimum atomic E-state index is 0.263. The van der Waals surface area contributed by atoms with Crippen molar-refractivity contribution in [2.75, 3.05) is 6.54 Å². The quantitative estimate of drug-likeness (QED) is 0.818. The van der Waals surface area contributed by atoms with Crippen LogP contribution in [0, 0.1) is 20.8 Å². The molecule has 0 fully saturated rings. The molecule has 1 aromatic carbocycles. The number of hydrogen-bond acceptors (Lipinski definition) is 2. The van der Waals surface area contributed by atoms with Crippen molar-refractivity contribution in [3.05, 3.63) is 34.4 Å². The van der Waals surface area contributed by atoms with Gasteiger partial charge in [-0.3, -0.25) is 0 Å². The summed E-state index contributed by atoms with van der Waals surface area (Å²) in [6.07, 6.45) is 0. The molecule has 0 heterocycles. The summed E-state index contributed by atoms with van der Waals surface area (Å²) in [6.45, 7) is 11.4. The topological polar surface area (TPSA) is 38.0 Å². The van der Waals surface area contributed by atoms with Crippen molar-refractivity contribution in [3.8, 4) is 0 Å². The Hall–Kier alpha value is -0.860. The van der Waals surface area contributed by atoms with E-state index in [2.05, 4.69) is 52.1 Å². The van der Waals surface area contributed by atoms with E-state index in [1.54, 1.807) is 0 Å². The second-order valence-electron chi connectivity index (χ2n) is 4.90. The minimum absolute atomic E-state index is 0.263. The fourth-order valence-corrected chi connectivity index (χ4v) is 2.05. The molecule has 0 aliphatic rings. The lowest BCUT2D eigenvalue weighted by atomic mass is 9.95.